The van der Waals surface area contributed by atoms with Crippen molar-refractivity contribution >= 4 is 27.5 Å². The summed E-state index contributed by atoms with van der Waals surface area (Å²) < 4.78 is 6.49. The van der Waals surface area contributed by atoms with E-state index in [0.29, 0.717) is 11.7 Å². The van der Waals surface area contributed by atoms with Crippen molar-refractivity contribution in [3.8, 4) is 5.75 Å². The molecule has 1 atom stereocenters. The summed E-state index contributed by atoms with van der Waals surface area (Å²) in [4.78, 5) is 11.7. The van der Waals surface area contributed by atoms with E-state index in [1.165, 1.54) is 6.42 Å². The lowest BCUT2D eigenvalue weighted by atomic mass is 9.89. The van der Waals surface area contributed by atoms with Crippen LogP contribution in [0.15, 0.2) is 27.8 Å². The highest BCUT2D eigenvalue weighted by Gasteiger charge is 2.14. The number of nitrogens with one attached hydrogen (secondary N) is 1. The highest BCUT2D eigenvalue weighted by molar-refractivity contribution is 9.10. The number of carbonyl (C=O) groups excluding carboxylic acids is 1. The van der Waals surface area contributed by atoms with Crippen molar-refractivity contribution in [3.63, 3.8) is 0 Å². The Bertz CT molecular complexity index is 543. The number of benzene rings is 1. The van der Waals surface area contributed by atoms with Gasteiger partial charge in [0.25, 0.3) is 5.91 Å². The Balaban J connectivity index is 1.79. The molecule has 1 aliphatic rings. The topological polar surface area (TPSA) is 50.7 Å². The fraction of sp³-hybridized carbons (Fsp3) is 0.500. The quantitative estimate of drug-likeness (QED) is 0.837. The van der Waals surface area contributed by atoms with Gasteiger partial charge in [0.1, 0.15) is 5.75 Å². The Kier molecular flexibility index (Phi) is 5.79. The third-order valence-electron chi connectivity index (χ3n) is 3.58. The molecular formula is C16H21BrN2O2. The van der Waals surface area contributed by atoms with Crippen LogP contribution in [0.1, 0.15) is 38.2 Å². The highest BCUT2D eigenvalue weighted by atomic mass is 79.9. The van der Waals surface area contributed by atoms with E-state index < -0.39 is 0 Å². The van der Waals surface area contributed by atoms with Gasteiger partial charge in [0, 0.05) is 10.2 Å². The number of hydrazone groups is 1. The van der Waals surface area contributed by atoms with E-state index >= 15 is 0 Å². The number of nitrogens with zero attached hydrogens (tertiary/aromatic N) is 1. The van der Waals surface area contributed by atoms with E-state index in [1.807, 2.05) is 25.1 Å². The molecule has 1 aliphatic carbocycles. The van der Waals surface area contributed by atoms with Gasteiger partial charge in [-0.15, -0.1) is 0 Å². The zero-order valence-electron chi connectivity index (χ0n) is 12.5. The Hall–Kier alpha value is -1.36. The van der Waals surface area contributed by atoms with Crippen molar-refractivity contribution in [1.29, 1.82) is 0 Å². The van der Waals surface area contributed by atoms with Crippen LogP contribution in [0.3, 0.4) is 0 Å². The lowest BCUT2D eigenvalue weighted by Gasteiger charge is -2.18. The second kappa shape index (κ2) is 7.59. The molecule has 0 aromatic heterocycles. The summed E-state index contributed by atoms with van der Waals surface area (Å²) in [5.41, 5.74) is 4.74. The van der Waals surface area contributed by atoms with Crippen molar-refractivity contribution in [1.82, 2.24) is 5.43 Å². The van der Waals surface area contributed by atoms with Gasteiger partial charge in [0.05, 0.1) is 0 Å². The van der Waals surface area contributed by atoms with Gasteiger partial charge in [0.15, 0.2) is 6.61 Å². The van der Waals surface area contributed by atoms with E-state index in [2.05, 4.69) is 33.4 Å². The molecule has 1 fully saturated rings. The smallest absolute Gasteiger partial charge is 0.277 e. The summed E-state index contributed by atoms with van der Waals surface area (Å²) in [6, 6.07) is 5.64. The summed E-state index contributed by atoms with van der Waals surface area (Å²) in [6.07, 6.45) is 4.37. The van der Waals surface area contributed by atoms with Crippen molar-refractivity contribution in [2.45, 2.75) is 39.5 Å². The zero-order valence-corrected chi connectivity index (χ0v) is 14.1. The molecule has 0 bridgehead atoms. The Labute approximate surface area is 134 Å². The second-order valence-corrected chi connectivity index (χ2v) is 6.47. The van der Waals surface area contributed by atoms with Gasteiger partial charge in [0.2, 0.25) is 0 Å². The summed E-state index contributed by atoms with van der Waals surface area (Å²) in [7, 11) is 0. The minimum atomic E-state index is -0.221. The third kappa shape index (κ3) is 5.16. The molecule has 5 heteroatoms. The molecule has 0 spiro atoms. The summed E-state index contributed by atoms with van der Waals surface area (Å²) in [6.45, 7) is 4.18. The van der Waals surface area contributed by atoms with Crippen molar-refractivity contribution in [2.24, 2.45) is 11.0 Å². The van der Waals surface area contributed by atoms with Crippen LogP contribution >= 0.6 is 15.9 Å². The number of aryl methyl sites for hydroxylation is 1. The second-order valence-electron chi connectivity index (χ2n) is 5.61. The molecule has 114 valence electrons. The van der Waals surface area contributed by atoms with E-state index in [1.54, 1.807) is 0 Å². The first-order chi connectivity index (χ1) is 10.0. The molecule has 1 unspecified atom stereocenters. The monoisotopic (exact) mass is 352 g/mol. The van der Waals surface area contributed by atoms with E-state index in [9.17, 15) is 4.79 Å². The summed E-state index contributed by atoms with van der Waals surface area (Å²) in [5, 5.41) is 4.21. The number of rotatable bonds is 4. The van der Waals surface area contributed by atoms with E-state index in [0.717, 1.165) is 35.0 Å². The Morgan fingerprint density at radius 3 is 3.05 bits per heavy atom. The average molecular weight is 353 g/mol. The maximum Gasteiger partial charge on any atom is 0.277 e. The van der Waals surface area contributed by atoms with Crippen LogP contribution < -0.4 is 10.2 Å². The molecule has 1 aromatic carbocycles. The van der Waals surface area contributed by atoms with Crippen molar-refractivity contribution in [2.75, 3.05) is 6.61 Å². The molecule has 1 aromatic rings. The predicted molar refractivity (Wildman–Crippen MR) is 87.6 cm³/mol. The first-order valence-electron chi connectivity index (χ1n) is 7.28. The van der Waals surface area contributed by atoms with Crippen LogP contribution in [0.4, 0.5) is 0 Å². The minimum Gasteiger partial charge on any atom is -0.484 e. The predicted octanol–water partition coefficient (Wildman–Crippen LogP) is 3.82. The van der Waals surface area contributed by atoms with Gasteiger partial charge < -0.3 is 4.74 Å². The SMILES string of the molecule is Cc1cc(OCC(=O)N/N=C2/CCCC(C)C2)ccc1Br. The highest BCUT2D eigenvalue weighted by Crippen LogP contribution is 2.22. The van der Waals surface area contributed by atoms with E-state index in [4.69, 9.17) is 4.74 Å². The van der Waals surface area contributed by atoms with Gasteiger partial charge in [-0.25, -0.2) is 5.43 Å². The molecule has 0 heterocycles. The molecular weight excluding hydrogens is 332 g/mol. The molecule has 21 heavy (non-hydrogen) atoms. The van der Waals surface area contributed by atoms with Gasteiger partial charge in [-0.05, 0) is 62.3 Å². The summed E-state index contributed by atoms with van der Waals surface area (Å²) >= 11 is 3.43. The van der Waals surface area contributed by atoms with Crippen molar-refractivity contribution < 1.29 is 9.53 Å². The normalized spacial score (nSPS) is 20.3. The molecule has 1 N–H and O–H groups in total. The fourth-order valence-electron chi connectivity index (χ4n) is 2.39. The lowest BCUT2D eigenvalue weighted by molar-refractivity contribution is -0.123. The standard InChI is InChI=1S/C16H21BrN2O2/c1-11-4-3-5-13(8-11)18-19-16(20)10-21-14-6-7-15(17)12(2)9-14/h6-7,9,11H,3-5,8,10H2,1-2H3,(H,19,20)/b18-13-. The maximum absolute atomic E-state index is 11.7. The number of amides is 1. The first kappa shape index (κ1) is 16.0. The van der Waals surface area contributed by atoms with Crippen LogP contribution in [-0.4, -0.2) is 18.2 Å². The molecule has 0 radical (unpaired) electrons. The largest absolute Gasteiger partial charge is 0.484 e. The van der Waals surface area contributed by atoms with Gasteiger partial charge in [-0.1, -0.05) is 22.9 Å². The fourth-order valence-corrected chi connectivity index (χ4v) is 2.64. The van der Waals surface area contributed by atoms with Crippen LogP contribution in [0.2, 0.25) is 0 Å². The molecule has 0 aliphatic heterocycles. The maximum atomic E-state index is 11.7. The Morgan fingerprint density at radius 1 is 1.52 bits per heavy atom. The molecule has 1 amide bonds. The van der Waals surface area contributed by atoms with Crippen LogP contribution in [0.25, 0.3) is 0 Å². The number of ether oxygens (including phenoxy) is 1. The molecule has 4 nitrogen and oxygen atoms in total. The minimum absolute atomic E-state index is 0.0204. The van der Waals surface area contributed by atoms with Crippen LogP contribution in [0, 0.1) is 12.8 Å². The number of hydrogen-bond acceptors (Lipinski definition) is 3. The average Bonchev–Trinajstić information content (AvgIpc) is 2.46. The lowest BCUT2D eigenvalue weighted by Crippen LogP contribution is -2.27. The number of hydrogen-bond donors (Lipinski definition) is 1. The zero-order chi connectivity index (χ0) is 15.2. The molecule has 1 saturated carbocycles. The van der Waals surface area contributed by atoms with Crippen LogP contribution in [0.5, 0.6) is 5.75 Å². The third-order valence-corrected chi connectivity index (χ3v) is 4.47. The number of carbonyl (C=O) groups is 1. The van der Waals surface area contributed by atoms with Gasteiger partial charge in [-0.3, -0.25) is 4.79 Å². The number of halogens is 1. The van der Waals surface area contributed by atoms with E-state index in [-0.39, 0.29) is 12.5 Å². The summed E-state index contributed by atoms with van der Waals surface area (Å²) in [5.74, 6) is 1.13. The van der Waals surface area contributed by atoms with Gasteiger partial charge >= 0.3 is 0 Å². The van der Waals surface area contributed by atoms with Gasteiger partial charge in [-0.2, -0.15) is 5.10 Å². The van der Waals surface area contributed by atoms with Crippen LogP contribution in [-0.2, 0) is 4.79 Å². The Morgan fingerprint density at radius 2 is 2.33 bits per heavy atom. The van der Waals surface area contributed by atoms with Crippen molar-refractivity contribution in [3.05, 3.63) is 28.2 Å². The molecule has 0 saturated heterocycles. The first-order valence-corrected chi connectivity index (χ1v) is 8.07. The molecule has 2 rings (SSSR count).